The molecule has 0 radical (unpaired) electrons. The number of hydrogen-bond acceptors (Lipinski definition) is 4. The molecule has 0 unspecified atom stereocenters. The van der Waals surface area contributed by atoms with Crippen molar-refractivity contribution in [2.24, 2.45) is 0 Å². The summed E-state index contributed by atoms with van der Waals surface area (Å²) in [5.74, 6) is 0. The van der Waals surface area contributed by atoms with Crippen LogP contribution < -0.4 is 5.32 Å². The molecule has 5 nitrogen and oxygen atoms in total. The molecule has 0 fully saturated rings. The molecule has 0 aliphatic rings. The van der Waals surface area contributed by atoms with Gasteiger partial charge >= 0.3 is 0 Å². The van der Waals surface area contributed by atoms with Gasteiger partial charge in [0.2, 0.25) is 0 Å². The van der Waals surface area contributed by atoms with Crippen LogP contribution in [0.5, 0.6) is 0 Å². The Labute approximate surface area is 117 Å². The molecule has 0 atom stereocenters. The SMILES string of the molecule is CCNCc1ccc(-c2ccc([N+](=O)[O-])cc2)nc1C. The molecular weight excluding hydrogens is 254 g/mol. The number of aryl methyl sites for hydroxylation is 1. The molecule has 0 aliphatic carbocycles. The first-order valence-electron chi connectivity index (χ1n) is 6.54. The Kier molecular flexibility index (Phi) is 4.42. The number of nitro groups is 1. The van der Waals surface area contributed by atoms with Gasteiger partial charge in [0.25, 0.3) is 5.69 Å². The molecule has 1 aromatic carbocycles. The van der Waals surface area contributed by atoms with Gasteiger partial charge in [-0.2, -0.15) is 0 Å². The number of non-ortho nitro benzene ring substituents is 1. The summed E-state index contributed by atoms with van der Waals surface area (Å²) in [6.07, 6.45) is 0. The van der Waals surface area contributed by atoms with E-state index in [2.05, 4.69) is 17.2 Å². The van der Waals surface area contributed by atoms with Crippen molar-refractivity contribution in [3.63, 3.8) is 0 Å². The van der Waals surface area contributed by atoms with E-state index in [0.717, 1.165) is 35.6 Å². The highest BCUT2D eigenvalue weighted by molar-refractivity contribution is 5.61. The molecule has 0 aliphatic heterocycles. The first-order valence-corrected chi connectivity index (χ1v) is 6.54. The summed E-state index contributed by atoms with van der Waals surface area (Å²) in [5.41, 5.74) is 3.94. The van der Waals surface area contributed by atoms with Gasteiger partial charge in [0, 0.05) is 29.9 Å². The van der Waals surface area contributed by atoms with Gasteiger partial charge in [0.05, 0.1) is 10.6 Å². The Balaban J connectivity index is 2.24. The minimum absolute atomic E-state index is 0.0919. The summed E-state index contributed by atoms with van der Waals surface area (Å²) in [6, 6.07) is 10.4. The molecule has 1 aromatic heterocycles. The van der Waals surface area contributed by atoms with Crippen molar-refractivity contribution in [2.45, 2.75) is 20.4 Å². The summed E-state index contributed by atoms with van der Waals surface area (Å²) >= 11 is 0. The van der Waals surface area contributed by atoms with Crippen LogP contribution >= 0.6 is 0 Å². The summed E-state index contributed by atoms with van der Waals surface area (Å²) in [6.45, 7) is 5.76. The number of pyridine rings is 1. The largest absolute Gasteiger partial charge is 0.313 e. The van der Waals surface area contributed by atoms with Crippen molar-refractivity contribution in [3.05, 3.63) is 57.8 Å². The summed E-state index contributed by atoms with van der Waals surface area (Å²) in [5, 5.41) is 13.9. The van der Waals surface area contributed by atoms with Crippen molar-refractivity contribution in [1.29, 1.82) is 0 Å². The minimum atomic E-state index is -0.401. The quantitative estimate of drug-likeness (QED) is 0.670. The molecule has 5 heteroatoms. The van der Waals surface area contributed by atoms with Crippen LogP contribution in [0.3, 0.4) is 0 Å². The van der Waals surface area contributed by atoms with Gasteiger partial charge in [0.1, 0.15) is 0 Å². The lowest BCUT2D eigenvalue weighted by Crippen LogP contribution is -2.13. The van der Waals surface area contributed by atoms with Gasteiger partial charge in [0.15, 0.2) is 0 Å². The van der Waals surface area contributed by atoms with Crippen molar-refractivity contribution in [1.82, 2.24) is 10.3 Å². The first kappa shape index (κ1) is 14.1. The van der Waals surface area contributed by atoms with Crippen LogP contribution in [-0.4, -0.2) is 16.5 Å². The molecule has 20 heavy (non-hydrogen) atoms. The summed E-state index contributed by atoms with van der Waals surface area (Å²) in [7, 11) is 0. The molecule has 1 heterocycles. The second-order valence-corrected chi connectivity index (χ2v) is 4.53. The molecule has 104 valence electrons. The molecule has 2 rings (SSSR count). The Morgan fingerprint density at radius 2 is 1.90 bits per heavy atom. The summed E-state index contributed by atoms with van der Waals surface area (Å²) < 4.78 is 0. The summed E-state index contributed by atoms with van der Waals surface area (Å²) in [4.78, 5) is 14.8. The first-order chi connectivity index (χ1) is 9.61. The average Bonchev–Trinajstić information content (AvgIpc) is 2.46. The maximum Gasteiger partial charge on any atom is 0.269 e. The molecule has 2 aromatic rings. The third-order valence-electron chi connectivity index (χ3n) is 3.13. The van der Waals surface area contributed by atoms with E-state index in [4.69, 9.17) is 0 Å². The van der Waals surface area contributed by atoms with E-state index in [1.807, 2.05) is 19.1 Å². The maximum atomic E-state index is 10.6. The molecule has 0 saturated carbocycles. The van der Waals surface area contributed by atoms with Gasteiger partial charge in [-0.15, -0.1) is 0 Å². The van der Waals surface area contributed by atoms with E-state index in [0.29, 0.717) is 0 Å². The lowest BCUT2D eigenvalue weighted by atomic mass is 10.1. The standard InChI is InChI=1S/C15H17N3O2/c1-3-16-10-13-6-9-15(17-11(13)2)12-4-7-14(8-5-12)18(19)20/h4-9,16H,3,10H2,1-2H3. The van der Waals surface area contributed by atoms with Crippen LogP contribution in [0.1, 0.15) is 18.2 Å². The van der Waals surface area contributed by atoms with Crippen molar-refractivity contribution in [3.8, 4) is 11.3 Å². The smallest absolute Gasteiger partial charge is 0.269 e. The van der Waals surface area contributed by atoms with Crippen molar-refractivity contribution >= 4 is 5.69 Å². The van der Waals surface area contributed by atoms with Gasteiger partial charge in [-0.3, -0.25) is 15.1 Å². The predicted molar refractivity (Wildman–Crippen MR) is 78.4 cm³/mol. The van der Waals surface area contributed by atoms with Crippen LogP contribution in [0, 0.1) is 17.0 Å². The monoisotopic (exact) mass is 271 g/mol. The number of nitrogens with zero attached hydrogens (tertiary/aromatic N) is 2. The normalized spacial score (nSPS) is 10.5. The van der Waals surface area contributed by atoms with Crippen LogP contribution in [0.4, 0.5) is 5.69 Å². The second kappa shape index (κ2) is 6.25. The Hall–Kier alpha value is -2.27. The lowest BCUT2D eigenvalue weighted by molar-refractivity contribution is -0.384. The van der Waals surface area contributed by atoms with E-state index in [9.17, 15) is 10.1 Å². The number of nitrogens with one attached hydrogen (secondary N) is 1. The zero-order valence-corrected chi connectivity index (χ0v) is 11.6. The number of aromatic nitrogens is 1. The van der Waals surface area contributed by atoms with E-state index in [1.54, 1.807) is 12.1 Å². The van der Waals surface area contributed by atoms with E-state index in [-0.39, 0.29) is 5.69 Å². The molecule has 0 bridgehead atoms. The Bertz CT molecular complexity index is 609. The van der Waals surface area contributed by atoms with E-state index < -0.39 is 4.92 Å². The number of benzene rings is 1. The number of nitro benzene ring substituents is 1. The zero-order chi connectivity index (χ0) is 14.5. The molecule has 0 spiro atoms. The molecular formula is C15H17N3O2. The highest BCUT2D eigenvalue weighted by atomic mass is 16.6. The van der Waals surface area contributed by atoms with Crippen LogP contribution in [0.15, 0.2) is 36.4 Å². The van der Waals surface area contributed by atoms with Gasteiger partial charge in [-0.05, 0) is 37.2 Å². The fourth-order valence-electron chi connectivity index (χ4n) is 1.95. The fourth-order valence-corrected chi connectivity index (χ4v) is 1.95. The highest BCUT2D eigenvalue weighted by Gasteiger charge is 2.07. The van der Waals surface area contributed by atoms with E-state index >= 15 is 0 Å². The van der Waals surface area contributed by atoms with Crippen LogP contribution in [0.25, 0.3) is 11.3 Å². The van der Waals surface area contributed by atoms with Gasteiger partial charge in [-0.1, -0.05) is 13.0 Å². The Morgan fingerprint density at radius 3 is 2.45 bits per heavy atom. The topological polar surface area (TPSA) is 68.1 Å². The molecule has 1 N–H and O–H groups in total. The predicted octanol–water partition coefficient (Wildman–Crippen LogP) is 3.07. The third kappa shape index (κ3) is 3.19. The fraction of sp³-hybridized carbons (Fsp3) is 0.267. The molecule has 0 saturated heterocycles. The molecule has 0 amide bonds. The Morgan fingerprint density at radius 1 is 1.20 bits per heavy atom. The van der Waals surface area contributed by atoms with E-state index in [1.165, 1.54) is 12.1 Å². The van der Waals surface area contributed by atoms with Crippen LogP contribution in [-0.2, 0) is 6.54 Å². The lowest BCUT2D eigenvalue weighted by Gasteiger charge is -2.08. The van der Waals surface area contributed by atoms with Gasteiger partial charge in [-0.25, -0.2) is 0 Å². The van der Waals surface area contributed by atoms with Gasteiger partial charge < -0.3 is 5.32 Å². The zero-order valence-electron chi connectivity index (χ0n) is 11.6. The van der Waals surface area contributed by atoms with Crippen molar-refractivity contribution in [2.75, 3.05) is 6.54 Å². The van der Waals surface area contributed by atoms with Crippen LogP contribution in [0.2, 0.25) is 0 Å². The third-order valence-corrected chi connectivity index (χ3v) is 3.13. The average molecular weight is 271 g/mol. The highest BCUT2D eigenvalue weighted by Crippen LogP contribution is 2.22. The number of rotatable bonds is 5. The second-order valence-electron chi connectivity index (χ2n) is 4.53. The van der Waals surface area contributed by atoms with Crippen molar-refractivity contribution < 1.29 is 4.92 Å². The maximum absolute atomic E-state index is 10.6. The number of hydrogen-bond donors (Lipinski definition) is 1. The minimum Gasteiger partial charge on any atom is -0.313 e.